The molecule has 1 atom stereocenters. The predicted octanol–water partition coefficient (Wildman–Crippen LogP) is 3.60. The Bertz CT molecular complexity index is 1250. The highest BCUT2D eigenvalue weighted by Gasteiger charge is 2.27. The lowest BCUT2D eigenvalue weighted by molar-refractivity contribution is 0.123. The zero-order valence-corrected chi connectivity index (χ0v) is 19.1. The van der Waals surface area contributed by atoms with Crippen molar-refractivity contribution in [2.45, 2.75) is 17.5 Å². The summed E-state index contributed by atoms with van der Waals surface area (Å²) in [6.07, 6.45) is -0.962. The molecule has 0 aliphatic rings. The Morgan fingerprint density at radius 1 is 0.903 bits per heavy atom. The fourth-order valence-electron chi connectivity index (χ4n) is 3.88. The van der Waals surface area contributed by atoms with Gasteiger partial charge in [0.15, 0.2) is 0 Å². The summed E-state index contributed by atoms with van der Waals surface area (Å²) in [5.41, 5.74) is 1.96. The van der Waals surface area contributed by atoms with Crippen LogP contribution in [0.3, 0.4) is 0 Å². The molecule has 0 saturated carbocycles. The van der Waals surface area contributed by atoms with Crippen LogP contribution in [0.15, 0.2) is 82.2 Å². The molecule has 0 spiro atoms. The molecule has 0 saturated heterocycles. The van der Waals surface area contributed by atoms with Gasteiger partial charge in [-0.2, -0.15) is 4.31 Å². The van der Waals surface area contributed by atoms with Crippen molar-refractivity contribution < 1.29 is 18.6 Å². The van der Waals surface area contributed by atoms with Crippen LogP contribution in [-0.4, -0.2) is 53.3 Å². The zero-order chi connectivity index (χ0) is 22.0. The molecule has 8 heteroatoms. The molecule has 4 aromatic rings. The third kappa shape index (κ3) is 4.40. The average molecular weight is 503 g/mol. The smallest absolute Gasteiger partial charge is 0.243 e. The fourth-order valence-corrected chi connectivity index (χ4v) is 5.61. The van der Waals surface area contributed by atoms with Gasteiger partial charge in [0.1, 0.15) is 0 Å². The SMILES string of the molecule is O=S(=O)(c1ccc(Br)cc1)N(CCO)CC(O)Cn1c2ccccc2c2ccccc21. The first-order chi connectivity index (χ1) is 14.9. The molecular formula is C23H23BrN2O4S. The van der Waals surface area contributed by atoms with Crippen molar-refractivity contribution in [1.82, 2.24) is 8.87 Å². The molecule has 0 bridgehead atoms. The van der Waals surface area contributed by atoms with Crippen LogP contribution in [0.2, 0.25) is 0 Å². The van der Waals surface area contributed by atoms with E-state index in [2.05, 4.69) is 15.9 Å². The van der Waals surface area contributed by atoms with E-state index in [1.54, 1.807) is 12.1 Å². The van der Waals surface area contributed by atoms with E-state index in [0.717, 1.165) is 30.6 Å². The molecule has 0 amide bonds. The van der Waals surface area contributed by atoms with E-state index in [9.17, 15) is 18.6 Å². The van der Waals surface area contributed by atoms with E-state index < -0.39 is 16.1 Å². The van der Waals surface area contributed by atoms with Gasteiger partial charge in [-0.3, -0.25) is 0 Å². The lowest BCUT2D eigenvalue weighted by atomic mass is 10.2. The lowest BCUT2D eigenvalue weighted by Crippen LogP contribution is -2.40. The number of aliphatic hydroxyl groups is 2. The second kappa shape index (κ2) is 9.10. The van der Waals surface area contributed by atoms with Crippen molar-refractivity contribution in [2.24, 2.45) is 0 Å². The molecule has 0 radical (unpaired) electrons. The Balaban J connectivity index is 1.63. The summed E-state index contributed by atoms with van der Waals surface area (Å²) in [4.78, 5) is 0.119. The third-order valence-corrected chi connectivity index (χ3v) is 7.70. The van der Waals surface area contributed by atoms with Gasteiger partial charge in [-0.1, -0.05) is 52.3 Å². The summed E-state index contributed by atoms with van der Waals surface area (Å²) in [5, 5.41) is 22.5. The summed E-state index contributed by atoms with van der Waals surface area (Å²) in [6, 6.07) is 22.2. The molecule has 1 heterocycles. The monoisotopic (exact) mass is 502 g/mol. The number of aliphatic hydroxyl groups excluding tert-OH is 2. The molecule has 1 unspecified atom stereocenters. The number of aromatic nitrogens is 1. The Hall–Kier alpha value is -2.23. The van der Waals surface area contributed by atoms with E-state index in [0.29, 0.717) is 0 Å². The van der Waals surface area contributed by atoms with E-state index in [1.165, 1.54) is 12.1 Å². The van der Waals surface area contributed by atoms with Gasteiger partial charge in [0, 0.05) is 39.4 Å². The predicted molar refractivity (Wildman–Crippen MR) is 125 cm³/mol. The second-order valence-corrected chi connectivity index (χ2v) is 10.2. The Labute approximate surface area is 189 Å². The highest BCUT2D eigenvalue weighted by Crippen LogP contribution is 2.29. The highest BCUT2D eigenvalue weighted by molar-refractivity contribution is 9.10. The first-order valence-electron chi connectivity index (χ1n) is 9.92. The van der Waals surface area contributed by atoms with Crippen LogP contribution in [-0.2, 0) is 16.6 Å². The number of para-hydroxylation sites is 2. The van der Waals surface area contributed by atoms with Crippen molar-refractivity contribution in [3.05, 3.63) is 77.3 Å². The van der Waals surface area contributed by atoms with Crippen LogP contribution in [0.4, 0.5) is 0 Å². The normalized spacial score (nSPS) is 13.3. The molecule has 162 valence electrons. The summed E-state index contributed by atoms with van der Waals surface area (Å²) in [6.45, 7) is -0.327. The number of sulfonamides is 1. The summed E-state index contributed by atoms with van der Waals surface area (Å²) < 4.78 is 30.1. The number of fused-ring (bicyclic) bond motifs is 3. The van der Waals surface area contributed by atoms with Crippen LogP contribution < -0.4 is 0 Å². The van der Waals surface area contributed by atoms with Crippen molar-refractivity contribution in [2.75, 3.05) is 19.7 Å². The number of rotatable bonds is 8. The van der Waals surface area contributed by atoms with Gasteiger partial charge in [0.25, 0.3) is 0 Å². The number of hydrogen-bond acceptors (Lipinski definition) is 4. The van der Waals surface area contributed by atoms with Crippen LogP contribution >= 0.6 is 15.9 Å². The quantitative estimate of drug-likeness (QED) is 0.385. The standard InChI is InChI=1S/C23H23BrN2O4S/c24-17-9-11-19(12-10-17)31(29,30)25(13-14-27)15-18(28)16-26-22-7-3-1-5-20(22)21-6-2-4-8-23(21)26/h1-12,18,27-28H,13-16H2. The van der Waals surface area contributed by atoms with E-state index in [1.807, 2.05) is 53.1 Å². The van der Waals surface area contributed by atoms with Crippen LogP contribution in [0.1, 0.15) is 0 Å². The lowest BCUT2D eigenvalue weighted by Gasteiger charge is -2.24. The van der Waals surface area contributed by atoms with Gasteiger partial charge in [-0.15, -0.1) is 0 Å². The minimum absolute atomic E-state index is 0.0946. The molecule has 0 aliphatic heterocycles. The Kier molecular flexibility index (Phi) is 6.45. The second-order valence-electron chi connectivity index (χ2n) is 7.34. The summed E-state index contributed by atoms with van der Waals surface area (Å²) in [5.74, 6) is 0. The van der Waals surface area contributed by atoms with Crippen LogP contribution in [0.5, 0.6) is 0 Å². The average Bonchev–Trinajstić information content (AvgIpc) is 3.08. The molecule has 0 fully saturated rings. The van der Waals surface area contributed by atoms with Crippen LogP contribution in [0.25, 0.3) is 21.8 Å². The van der Waals surface area contributed by atoms with Gasteiger partial charge in [0.05, 0.1) is 24.2 Å². The number of hydrogen-bond donors (Lipinski definition) is 2. The Morgan fingerprint density at radius 3 is 2.00 bits per heavy atom. The maximum Gasteiger partial charge on any atom is 0.243 e. The third-order valence-electron chi connectivity index (χ3n) is 5.29. The molecule has 0 aliphatic carbocycles. The van der Waals surface area contributed by atoms with Crippen molar-refractivity contribution in [3.8, 4) is 0 Å². The van der Waals surface area contributed by atoms with E-state index in [4.69, 9.17) is 0 Å². The topological polar surface area (TPSA) is 82.8 Å². The molecule has 4 rings (SSSR count). The molecule has 31 heavy (non-hydrogen) atoms. The van der Waals surface area contributed by atoms with Crippen molar-refractivity contribution in [3.63, 3.8) is 0 Å². The molecular weight excluding hydrogens is 480 g/mol. The molecule has 2 N–H and O–H groups in total. The number of nitrogens with zero attached hydrogens (tertiary/aromatic N) is 2. The zero-order valence-electron chi connectivity index (χ0n) is 16.7. The van der Waals surface area contributed by atoms with E-state index >= 15 is 0 Å². The maximum absolute atomic E-state index is 13.1. The Morgan fingerprint density at radius 2 is 1.45 bits per heavy atom. The number of benzene rings is 3. The van der Waals surface area contributed by atoms with Crippen LogP contribution in [0, 0.1) is 0 Å². The molecule has 1 aromatic heterocycles. The van der Waals surface area contributed by atoms with Gasteiger partial charge in [-0.25, -0.2) is 8.42 Å². The summed E-state index contributed by atoms with van der Waals surface area (Å²) >= 11 is 3.30. The largest absolute Gasteiger partial charge is 0.395 e. The summed E-state index contributed by atoms with van der Waals surface area (Å²) in [7, 11) is -3.86. The highest BCUT2D eigenvalue weighted by atomic mass is 79.9. The number of halogens is 1. The van der Waals surface area contributed by atoms with E-state index in [-0.39, 0.29) is 31.1 Å². The van der Waals surface area contributed by atoms with Gasteiger partial charge in [-0.05, 0) is 36.4 Å². The fraction of sp³-hybridized carbons (Fsp3) is 0.217. The van der Waals surface area contributed by atoms with Crippen molar-refractivity contribution >= 4 is 47.8 Å². The van der Waals surface area contributed by atoms with Gasteiger partial charge in [0.2, 0.25) is 10.0 Å². The molecule has 6 nitrogen and oxygen atoms in total. The minimum atomic E-state index is -3.86. The first kappa shape index (κ1) is 22.0. The minimum Gasteiger partial charge on any atom is -0.395 e. The van der Waals surface area contributed by atoms with Gasteiger partial charge >= 0.3 is 0 Å². The first-order valence-corrected chi connectivity index (χ1v) is 12.2. The van der Waals surface area contributed by atoms with Gasteiger partial charge < -0.3 is 14.8 Å². The molecule has 3 aromatic carbocycles. The maximum atomic E-state index is 13.1. The van der Waals surface area contributed by atoms with Crippen molar-refractivity contribution in [1.29, 1.82) is 0 Å².